The van der Waals surface area contributed by atoms with Gasteiger partial charge in [0.05, 0.1) is 18.6 Å². The van der Waals surface area contributed by atoms with E-state index in [0.717, 1.165) is 12.8 Å². The largest absolute Gasteiger partial charge is 0.478 e. The number of hydrogen-bond acceptors (Lipinski definition) is 8. The number of nitrogens with zero attached hydrogens (tertiary/aromatic N) is 2. The average Bonchev–Trinajstić information content (AvgIpc) is 2.88. The van der Waals surface area contributed by atoms with Gasteiger partial charge in [-0.05, 0) is 49.1 Å². The third-order valence-corrected chi connectivity index (χ3v) is 6.39. The highest BCUT2D eigenvalue weighted by atomic mass is 32.2. The number of carbonyl (C=O) groups excluding carboxylic acids is 2. The molecule has 0 spiro atoms. The minimum atomic E-state index is -3.94. The quantitative estimate of drug-likeness (QED) is 0.262. The second-order valence-corrected chi connectivity index (χ2v) is 9.44. The number of nitrogens with one attached hydrogen (secondary N) is 2. The Morgan fingerprint density at radius 3 is 2.36 bits per heavy atom. The summed E-state index contributed by atoms with van der Waals surface area (Å²) in [5, 5.41) is 2.68. The molecule has 36 heavy (non-hydrogen) atoms. The standard InChI is InChI=1S/C25H28N4O6S/c1-34-25-24(26-16-17-27-25)29-36(32,33)21-14-12-20(13-15-21)28-22(30)10-5-11-23(31)35-18-6-9-19-7-3-2-4-8-19/h2-4,7-8,12-17H,5-6,9-11,18H2,1H3,(H,26,29)(H,28,30). The molecule has 11 heteroatoms. The summed E-state index contributed by atoms with van der Waals surface area (Å²) in [5.41, 5.74) is 1.62. The van der Waals surface area contributed by atoms with Crippen LogP contribution in [0.5, 0.6) is 5.88 Å². The Morgan fingerprint density at radius 1 is 0.917 bits per heavy atom. The monoisotopic (exact) mass is 512 g/mol. The highest BCUT2D eigenvalue weighted by molar-refractivity contribution is 7.92. The van der Waals surface area contributed by atoms with Crippen LogP contribution in [0.4, 0.5) is 11.5 Å². The smallest absolute Gasteiger partial charge is 0.305 e. The fraction of sp³-hybridized carbons (Fsp3) is 0.280. The number of rotatable bonds is 13. The highest BCUT2D eigenvalue weighted by Crippen LogP contribution is 2.22. The highest BCUT2D eigenvalue weighted by Gasteiger charge is 2.18. The van der Waals surface area contributed by atoms with Gasteiger partial charge in [0.1, 0.15) is 0 Å². The van der Waals surface area contributed by atoms with Crippen molar-refractivity contribution >= 4 is 33.4 Å². The molecule has 0 saturated heterocycles. The van der Waals surface area contributed by atoms with Crippen LogP contribution < -0.4 is 14.8 Å². The maximum atomic E-state index is 12.6. The van der Waals surface area contributed by atoms with E-state index in [4.69, 9.17) is 9.47 Å². The molecule has 0 aliphatic carbocycles. The average molecular weight is 513 g/mol. The van der Waals surface area contributed by atoms with Crippen molar-refractivity contribution in [3.63, 3.8) is 0 Å². The first-order valence-electron chi connectivity index (χ1n) is 11.3. The van der Waals surface area contributed by atoms with Crippen molar-refractivity contribution in [3.8, 4) is 5.88 Å². The van der Waals surface area contributed by atoms with Gasteiger partial charge in [-0.25, -0.2) is 18.4 Å². The van der Waals surface area contributed by atoms with Crippen molar-refractivity contribution < 1.29 is 27.5 Å². The van der Waals surface area contributed by atoms with Gasteiger partial charge in [0.25, 0.3) is 15.9 Å². The Balaban J connectivity index is 1.38. The van der Waals surface area contributed by atoms with E-state index < -0.39 is 10.0 Å². The van der Waals surface area contributed by atoms with E-state index in [1.54, 1.807) is 0 Å². The number of esters is 1. The second-order valence-electron chi connectivity index (χ2n) is 7.76. The van der Waals surface area contributed by atoms with Crippen LogP contribution >= 0.6 is 0 Å². The topological polar surface area (TPSA) is 137 Å². The van der Waals surface area contributed by atoms with Crippen molar-refractivity contribution in [1.29, 1.82) is 0 Å². The molecule has 0 aliphatic rings. The van der Waals surface area contributed by atoms with E-state index in [1.165, 1.54) is 49.3 Å². The van der Waals surface area contributed by atoms with Crippen LogP contribution in [0, 0.1) is 0 Å². The van der Waals surface area contributed by atoms with Crippen molar-refractivity contribution in [3.05, 3.63) is 72.6 Å². The zero-order valence-electron chi connectivity index (χ0n) is 19.8. The first-order valence-corrected chi connectivity index (χ1v) is 12.8. The molecule has 0 aliphatic heterocycles. The second kappa shape index (κ2) is 13.2. The van der Waals surface area contributed by atoms with Crippen LogP contribution in [0.25, 0.3) is 0 Å². The Bertz CT molecular complexity index is 1250. The number of anilines is 2. The first-order chi connectivity index (χ1) is 17.4. The molecule has 0 atom stereocenters. The normalized spacial score (nSPS) is 10.9. The number of ether oxygens (including phenoxy) is 2. The summed E-state index contributed by atoms with van der Waals surface area (Å²) in [7, 11) is -2.58. The molecule has 1 amide bonds. The Hall–Kier alpha value is -3.99. The lowest BCUT2D eigenvalue weighted by Gasteiger charge is -2.10. The molecule has 0 unspecified atom stereocenters. The number of sulfonamides is 1. The van der Waals surface area contributed by atoms with Crippen molar-refractivity contribution in [2.24, 2.45) is 0 Å². The van der Waals surface area contributed by atoms with Gasteiger partial charge in [0, 0.05) is 30.9 Å². The number of benzene rings is 2. The molecule has 1 heterocycles. The van der Waals surface area contributed by atoms with Crippen LogP contribution in [-0.4, -0.2) is 44.0 Å². The molecular weight excluding hydrogens is 484 g/mol. The first kappa shape index (κ1) is 26.6. The van der Waals surface area contributed by atoms with E-state index >= 15 is 0 Å². The number of aromatic nitrogens is 2. The van der Waals surface area contributed by atoms with Crippen molar-refractivity contribution in [2.75, 3.05) is 23.8 Å². The molecule has 2 aromatic carbocycles. The van der Waals surface area contributed by atoms with Gasteiger partial charge in [0.2, 0.25) is 11.7 Å². The molecule has 2 N–H and O–H groups in total. The molecule has 0 radical (unpaired) electrons. The van der Waals surface area contributed by atoms with E-state index in [9.17, 15) is 18.0 Å². The van der Waals surface area contributed by atoms with Gasteiger partial charge in [-0.15, -0.1) is 0 Å². The van der Waals surface area contributed by atoms with Gasteiger partial charge >= 0.3 is 5.97 Å². The number of hydrogen-bond donors (Lipinski definition) is 2. The minimum Gasteiger partial charge on any atom is -0.478 e. The molecule has 1 aromatic heterocycles. The summed E-state index contributed by atoms with van der Waals surface area (Å²) in [4.78, 5) is 31.8. The molecule has 0 fully saturated rings. The molecule has 0 bridgehead atoms. The maximum absolute atomic E-state index is 12.6. The maximum Gasteiger partial charge on any atom is 0.305 e. The van der Waals surface area contributed by atoms with E-state index in [1.807, 2.05) is 30.3 Å². The Kier molecular flexibility index (Phi) is 9.75. The Morgan fingerprint density at radius 2 is 1.64 bits per heavy atom. The van der Waals surface area contributed by atoms with Crippen molar-refractivity contribution in [2.45, 2.75) is 37.0 Å². The van der Waals surface area contributed by atoms with E-state index in [2.05, 4.69) is 20.0 Å². The summed E-state index contributed by atoms with van der Waals surface area (Å²) in [5.74, 6) is -0.615. The van der Waals surface area contributed by atoms with Gasteiger partial charge in [-0.3, -0.25) is 14.3 Å². The van der Waals surface area contributed by atoms with Gasteiger partial charge < -0.3 is 14.8 Å². The van der Waals surface area contributed by atoms with Crippen LogP contribution in [0.15, 0.2) is 71.9 Å². The lowest BCUT2D eigenvalue weighted by Crippen LogP contribution is -2.16. The summed E-state index contributed by atoms with van der Waals surface area (Å²) in [6.45, 7) is 0.341. The third kappa shape index (κ3) is 8.35. The molecule has 10 nitrogen and oxygen atoms in total. The molecule has 3 aromatic rings. The summed E-state index contributed by atoms with van der Waals surface area (Å²) < 4.78 is 37.8. The number of aryl methyl sites for hydroxylation is 1. The summed E-state index contributed by atoms with van der Waals surface area (Å²) >= 11 is 0. The lowest BCUT2D eigenvalue weighted by molar-refractivity contribution is -0.143. The van der Waals surface area contributed by atoms with Crippen molar-refractivity contribution in [1.82, 2.24) is 9.97 Å². The van der Waals surface area contributed by atoms with Gasteiger partial charge in [-0.1, -0.05) is 30.3 Å². The lowest BCUT2D eigenvalue weighted by atomic mass is 10.1. The van der Waals surface area contributed by atoms with Gasteiger partial charge in [-0.2, -0.15) is 0 Å². The Labute approximate surface area is 210 Å². The SMILES string of the molecule is COc1nccnc1NS(=O)(=O)c1ccc(NC(=O)CCCC(=O)OCCCc2ccccc2)cc1. The van der Waals surface area contributed by atoms with Crippen LogP contribution in [0.1, 0.15) is 31.2 Å². The van der Waals surface area contributed by atoms with E-state index in [-0.39, 0.29) is 41.3 Å². The predicted molar refractivity (Wildman–Crippen MR) is 134 cm³/mol. The van der Waals surface area contributed by atoms with Crippen LogP contribution in [0.2, 0.25) is 0 Å². The number of carbonyl (C=O) groups is 2. The van der Waals surface area contributed by atoms with E-state index in [0.29, 0.717) is 18.7 Å². The zero-order chi connectivity index (χ0) is 25.8. The zero-order valence-corrected chi connectivity index (χ0v) is 20.7. The fourth-order valence-corrected chi connectivity index (χ4v) is 4.25. The van der Waals surface area contributed by atoms with Crippen LogP contribution in [-0.2, 0) is 30.8 Å². The van der Waals surface area contributed by atoms with Gasteiger partial charge in [0.15, 0.2) is 0 Å². The third-order valence-electron chi connectivity index (χ3n) is 5.04. The molecule has 190 valence electrons. The fourth-order valence-electron chi connectivity index (χ4n) is 3.24. The minimum absolute atomic E-state index is 0.0248. The summed E-state index contributed by atoms with van der Waals surface area (Å²) in [6.07, 6.45) is 4.92. The predicted octanol–water partition coefficient (Wildman–Crippen LogP) is 3.57. The molecular formula is C25H28N4O6S. The molecule has 0 saturated carbocycles. The van der Waals surface area contributed by atoms with Crippen LogP contribution in [0.3, 0.4) is 0 Å². The number of methoxy groups -OCH3 is 1. The molecule has 3 rings (SSSR count). The summed E-state index contributed by atoms with van der Waals surface area (Å²) in [6, 6.07) is 15.6. The number of amides is 1.